The van der Waals surface area contributed by atoms with Gasteiger partial charge in [0.1, 0.15) is 17.6 Å². The van der Waals surface area contributed by atoms with Gasteiger partial charge in [0.05, 0.1) is 13.7 Å². The molecule has 0 fully saturated rings. The van der Waals surface area contributed by atoms with Gasteiger partial charge in [0.25, 0.3) is 5.79 Å². The Kier molecular flexibility index (Phi) is 5.25. The van der Waals surface area contributed by atoms with Crippen LogP contribution in [0.5, 0.6) is 11.5 Å². The molecule has 0 saturated carbocycles. The number of rotatable bonds is 7. The number of methoxy groups -OCH3 is 1. The van der Waals surface area contributed by atoms with Gasteiger partial charge in [-0.3, -0.25) is 4.79 Å². The van der Waals surface area contributed by atoms with Crippen molar-refractivity contribution in [2.24, 2.45) is 0 Å². The van der Waals surface area contributed by atoms with E-state index >= 15 is 0 Å². The Labute approximate surface area is 109 Å². The fraction of sp³-hybridized carbons (Fsp3) is 0.417. The van der Waals surface area contributed by atoms with Crippen molar-refractivity contribution in [1.82, 2.24) is 0 Å². The highest BCUT2D eigenvalue weighted by Gasteiger charge is 2.42. The fourth-order valence-electron chi connectivity index (χ4n) is 1.36. The summed E-state index contributed by atoms with van der Waals surface area (Å²) in [5.74, 6) is -2.03. The Morgan fingerprint density at radius 2 is 1.79 bits per heavy atom. The molecule has 0 amide bonds. The van der Waals surface area contributed by atoms with Crippen LogP contribution < -0.4 is 9.47 Å². The number of benzene rings is 1. The molecule has 0 radical (unpaired) electrons. The van der Waals surface area contributed by atoms with E-state index in [9.17, 15) is 20.1 Å². The summed E-state index contributed by atoms with van der Waals surface area (Å²) in [5.41, 5.74) is 0. The zero-order valence-corrected chi connectivity index (χ0v) is 10.3. The number of carbonyl (C=O) groups excluding carboxylic acids is 1. The van der Waals surface area contributed by atoms with Crippen LogP contribution in [0.3, 0.4) is 0 Å². The molecule has 4 N–H and O–H groups in total. The van der Waals surface area contributed by atoms with Crippen LogP contribution in [0, 0.1) is 0 Å². The molecule has 19 heavy (non-hydrogen) atoms. The first kappa shape index (κ1) is 15.4. The van der Waals surface area contributed by atoms with Gasteiger partial charge in [-0.25, -0.2) is 0 Å². The molecule has 1 rings (SSSR count). The fourth-order valence-corrected chi connectivity index (χ4v) is 1.36. The van der Waals surface area contributed by atoms with Gasteiger partial charge < -0.3 is 29.9 Å². The van der Waals surface area contributed by atoms with E-state index in [0.29, 0.717) is 5.75 Å². The van der Waals surface area contributed by atoms with Crippen LogP contribution in [-0.4, -0.2) is 58.4 Å². The first-order valence-electron chi connectivity index (χ1n) is 5.45. The minimum Gasteiger partial charge on any atom is -0.497 e. The van der Waals surface area contributed by atoms with Crippen LogP contribution >= 0.6 is 0 Å². The van der Waals surface area contributed by atoms with Crippen molar-refractivity contribution in [3.63, 3.8) is 0 Å². The lowest BCUT2D eigenvalue weighted by molar-refractivity contribution is -0.217. The summed E-state index contributed by atoms with van der Waals surface area (Å²) in [5, 5.41) is 37.3. The number of hydrogen-bond acceptors (Lipinski definition) is 7. The van der Waals surface area contributed by atoms with E-state index in [1.807, 2.05) is 0 Å². The number of aldehydes is 1. The lowest BCUT2D eigenvalue weighted by atomic mass is 10.1. The predicted molar refractivity (Wildman–Crippen MR) is 63.7 cm³/mol. The molecule has 7 nitrogen and oxygen atoms in total. The highest BCUT2D eigenvalue weighted by molar-refractivity contribution is 5.62. The molecule has 106 valence electrons. The third kappa shape index (κ3) is 3.65. The average Bonchev–Trinajstić information content (AvgIpc) is 2.46. The molecule has 0 spiro atoms. The SMILES string of the molecule is COc1ccc(O[C@](O)(C=O)[C@H](O)[C@H](O)CO)cc1. The second kappa shape index (κ2) is 6.48. The molecule has 0 unspecified atom stereocenters. The third-order valence-corrected chi connectivity index (χ3v) is 2.48. The van der Waals surface area contributed by atoms with Crippen molar-refractivity contribution >= 4 is 6.29 Å². The Bertz CT molecular complexity index is 405. The zero-order valence-electron chi connectivity index (χ0n) is 10.3. The number of ether oxygens (including phenoxy) is 2. The van der Waals surface area contributed by atoms with Gasteiger partial charge >= 0.3 is 0 Å². The maximum Gasteiger partial charge on any atom is 0.294 e. The third-order valence-electron chi connectivity index (χ3n) is 2.48. The molecule has 7 heteroatoms. The average molecular weight is 272 g/mol. The van der Waals surface area contributed by atoms with E-state index in [4.69, 9.17) is 14.6 Å². The van der Waals surface area contributed by atoms with Crippen molar-refractivity contribution in [2.45, 2.75) is 18.0 Å². The molecule has 0 aliphatic heterocycles. The molecular formula is C12H16O7. The van der Waals surface area contributed by atoms with Gasteiger partial charge in [-0.1, -0.05) is 0 Å². The van der Waals surface area contributed by atoms with Crippen LogP contribution in [0.4, 0.5) is 0 Å². The number of aliphatic hydroxyl groups is 4. The van der Waals surface area contributed by atoms with Crippen LogP contribution in [0.1, 0.15) is 0 Å². The van der Waals surface area contributed by atoms with Crippen molar-refractivity contribution < 1.29 is 34.7 Å². The molecule has 0 heterocycles. The zero-order chi connectivity index (χ0) is 14.5. The van der Waals surface area contributed by atoms with Crippen molar-refractivity contribution in [3.05, 3.63) is 24.3 Å². The van der Waals surface area contributed by atoms with Crippen LogP contribution in [0.2, 0.25) is 0 Å². The second-order valence-electron chi connectivity index (χ2n) is 3.84. The van der Waals surface area contributed by atoms with Crippen LogP contribution in [-0.2, 0) is 4.79 Å². The standard InChI is InChI=1S/C12H16O7/c1-18-8-2-4-9(5-3-8)19-12(17,7-14)11(16)10(15)6-13/h2-5,7,10-11,13,15-17H,6H2,1H3/t10-,11-,12-/m1/s1. The molecule has 1 aromatic rings. The molecule has 0 aromatic heterocycles. The molecular weight excluding hydrogens is 256 g/mol. The van der Waals surface area contributed by atoms with E-state index in [0.717, 1.165) is 0 Å². The lowest BCUT2D eigenvalue weighted by Gasteiger charge is -2.30. The van der Waals surface area contributed by atoms with Gasteiger partial charge in [0.2, 0.25) is 0 Å². The van der Waals surface area contributed by atoms with Gasteiger partial charge in [-0.15, -0.1) is 0 Å². The molecule has 0 aliphatic carbocycles. The molecule has 1 aromatic carbocycles. The maximum atomic E-state index is 10.9. The smallest absolute Gasteiger partial charge is 0.294 e. The van der Waals surface area contributed by atoms with Crippen molar-refractivity contribution in [2.75, 3.05) is 13.7 Å². The summed E-state index contributed by atoms with van der Waals surface area (Å²) in [4.78, 5) is 10.9. The van der Waals surface area contributed by atoms with Gasteiger partial charge in [0.15, 0.2) is 12.4 Å². The maximum absolute atomic E-state index is 10.9. The van der Waals surface area contributed by atoms with E-state index in [2.05, 4.69) is 0 Å². The van der Waals surface area contributed by atoms with Gasteiger partial charge in [-0.05, 0) is 24.3 Å². The minimum atomic E-state index is -2.66. The molecule has 0 bridgehead atoms. The van der Waals surface area contributed by atoms with Crippen LogP contribution in [0.25, 0.3) is 0 Å². The number of hydrogen-bond donors (Lipinski definition) is 4. The topological polar surface area (TPSA) is 116 Å². The monoisotopic (exact) mass is 272 g/mol. The van der Waals surface area contributed by atoms with Crippen molar-refractivity contribution in [1.29, 1.82) is 0 Å². The van der Waals surface area contributed by atoms with E-state index in [1.165, 1.54) is 31.4 Å². The quantitative estimate of drug-likeness (QED) is 0.359. The Hall–Kier alpha value is -1.67. The summed E-state index contributed by atoms with van der Waals surface area (Å²) < 4.78 is 9.86. The second-order valence-corrected chi connectivity index (χ2v) is 3.84. The summed E-state index contributed by atoms with van der Waals surface area (Å²) in [7, 11) is 1.47. The van der Waals surface area contributed by atoms with E-state index < -0.39 is 24.6 Å². The van der Waals surface area contributed by atoms with Gasteiger partial charge in [0, 0.05) is 0 Å². The first-order valence-corrected chi connectivity index (χ1v) is 5.45. The van der Waals surface area contributed by atoms with E-state index in [-0.39, 0.29) is 12.0 Å². The minimum absolute atomic E-state index is 0.0548. The summed E-state index contributed by atoms with van der Waals surface area (Å²) in [6.07, 6.45) is -3.76. The highest BCUT2D eigenvalue weighted by Crippen LogP contribution is 2.22. The summed E-state index contributed by atoms with van der Waals surface area (Å²) in [6, 6.07) is 5.86. The Morgan fingerprint density at radius 1 is 1.26 bits per heavy atom. The van der Waals surface area contributed by atoms with E-state index in [1.54, 1.807) is 0 Å². The largest absolute Gasteiger partial charge is 0.497 e. The lowest BCUT2D eigenvalue weighted by Crippen LogP contribution is -2.55. The molecule has 0 aliphatic rings. The normalized spacial score (nSPS) is 17.1. The first-order chi connectivity index (χ1) is 8.96. The predicted octanol–water partition coefficient (Wildman–Crippen LogP) is -1.32. The molecule has 3 atom stereocenters. The Morgan fingerprint density at radius 3 is 2.21 bits per heavy atom. The molecule has 0 saturated heterocycles. The number of aliphatic hydroxyl groups excluding tert-OH is 3. The Balaban J connectivity index is 2.87. The summed E-state index contributed by atoms with van der Waals surface area (Å²) in [6.45, 7) is -0.830. The number of carbonyl (C=O) groups is 1. The van der Waals surface area contributed by atoms with Crippen LogP contribution in [0.15, 0.2) is 24.3 Å². The van der Waals surface area contributed by atoms with Gasteiger partial charge in [-0.2, -0.15) is 0 Å². The van der Waals surface area contributed by atoms with Crippen molar-refractivity contribution in [3.8, 4) is 11.5 Å². The highest BCUT2D eigenvalue weighted by atomic mass is 16.6. The summed E-state index contributed by atoms with van der Waals surface area (Å²) >= 11 is 0.